The van der Waals surface area contributed by atoms with Crippen molar-refractivity contribution < 1.29 is 14.4 Å². The molecular formula is C17H24N4O3. The highest BCUT2D eigenvalue weighted by atomic mass is 16.2. The molecule has 2 rings (SSSR count). The smallest absolute Gasteiger partial charge is 0.321 e. The Morgan fingerprint density at radius 3 is 2.42 bits per heavy atom. The van der Waals surface area contributed by atoms with E-state index in [0.29, 0.717) is 32.5 Å². The summed E-state index contributed by atoms with van der Waals surface area (Å²) in [5.74, 6) is -0.754. The fraction of sp³-hybridized carbons (Fsp3) is 0.471. The van der Waals surface area contributed by atoms with Crippen LogP contribution in [0.25, 0.3) is 0 Å². The van der Waals surface area contributed by atoms with Crippen LogP contribution in [0.15, 0.2) is 30.3 Å². The maximum absolute atomic E-state index is 12.2. The summed E-state index contributed by atoms with van der Waals surface area (Å²) in [6, 6.07) is 8.52. The van der Waals surface area contributed by atoms with Gasteiger partial charge < -0.3 is 11.1 Å². The molecule has 1 aromatic carbocycles. The normalized spacial score (nSPS) is 17.0. The number of carbonyl (C=O) groups excluding carboxylic acids is 3. The first-order valence-electron chi connectivity index (χ1n) is 8.13. The van der Waals surface area contributed by atoms with Gasteiger partial charge in [0.05, 0.1) is 6.04 Å². The Hall–Kier alpha value is -2.41. The van der Waals surface area contributed by atoms with Gasteiger partial charge in [-0.1, -0.05) is 30.3 Å². The molecule has 0 spiro atoms. The number of nitrogens with one attached hydrogen (secondary N) is 2. The van der Waals surface area contributed by atoms with Crippen LogP contribution in [0.3, 0.4) is 0 Å². The van der Waals surface area contributed by atoms with Crippen LogP contribution in [0, 0.1) is 5.92 Å². The zero-order valence-electron chi connectivity index (χ0n) is 13.8. The highest BCUT2D eigenvalue weighted by Crippen LogP contribution is 2.18. The summed E-state index contributed by atoms with van der Waals surface area (Å²) in [7, 11) is 0. The predicted octanol–water partition coefficient (Wildman–Crippen LogP) is 0.598. The number of amides is 4. The monoisotopic (exact) mass is 332 g/mol. The average Bonchev–Trinajstić information content (AvgIpc) is 2.60. The molecule has 0 aliphatic carbocycles. The van der Waals surface area contributed by atoms with Crippen LogP contribution < -0.4 is 16.4 Å². The fourth-order valence-corrected chi connectivity index (χ4v) is 2.78. The molecule has 4 amide bonds. The van der Waals surface area contributed by atoms with Crippen LogP contribution in [0.2, 0.25) is 0 Å². The quantitative estimate of drug-likeness (QED) is 0.734. The number of nitrogens with zero attached hydrogens (tertiary/aromatic N) is 1. The van der Waals surface area contributed by atoms with Crippen LogP contribution in [-0.4, -0.2) is 41.9 Å². The van der Waals surface area contributed by atoms with Crippen LogP contribution in [-0.2, 0) is 16.1 Å². The minimum atomic E-state index is -0.511. The van der Waals surface area contributed by atoms with E-state index in [1.165, 1.54) is 0 Å². The molecule has 0 unspecified atom stereocenters. The van der Waals surface area contributed by atoms with Crippen molar-refractivity contribution in [1.82, 2.24) is 15.5 Å². The Kier molecular flexibility index (Phi) is 6.31. The molecule has 0 bridgehead atoms. The van der Waals surface area contributed by atoms with Crippen LogP contribution in [0.1, 0.15) is 25.3 Å². The Bertz CT molecular complexity index is 583. The molecule has 7 nitrogen and oxygen atoms in total. The van der Waals surface area contributed by atoms with Gasteiger partial charge in [-0.25, -0.2) is 4.79 Å². The third-order valence-corrected chi connectivity index (χ3v) is 4.39. The molecule has 1 saturated heterocycles. The Balaban J connectivity index is 1.75. The highest BCUT2D eigenvalue weighted by Gasteiger charge is 2.29. The predicted molar refractivity (Wildman–Crippen MR) is 89.8 cm³/mol. The van der Waals surface area contributed by atoms with Gasteiger partial charge in [-0.3, -0.25) is 19.8 Å². The van der Waals surface area contributed by atoms with E-state index in [9.17, 15) is 14.4 Å². The Labute approximate surface area is 141 Å². The summed E-state index contributed by atoms with van der Waals surface area (Å²) in [6.07, 6.45) is 1.29. The van der Waals surface area contributed by atoms with Crippen LogP contribution >= 0.6 is 0 Å². The van der Waals surface area contributed by atoms with E-state index >= 15 is 0 Å². The summed E-state index contributed by atoms with van der Waals surface area (Å²) < 4.78 is 0. The zero-order chi connectivity index (χ0) is 17.5. The molecule has 0 radical (unpaired) electrons. The lowest BCUT2D eigenvalue weighted by atomic mass is 9.95. The van der Waals surface area contributed by atoms with Crippen molar-refractivity contribution in [2.24, 2.45) is 11.7 Å². The van der Waals surface area contributed by atoms with Crippen molar-refractivity contribution in [3.8, 4) is 0 Å². The van der Waals surface area contributed by atoms with Gasteiger partial charge in [-0.2, -0.15) is 0 Å². The largest absolute Gasteiger partial charge is 0.369 e. The first-order valence-corrected chi connectivity index (χ1v) is 8.13. The van der Waals surface area contributed by atoms with Gasteiger partial charge in [0.25, 0.3) is 0 Å². The zero-order valence-corrected chi connectivity index (χ0v) is 13.8. The third kappa shape index (κ3) is 5.06. The number of benzene rings is 1. The number of carbonyl (C=O) groups is 3. The van der Waals surface area contributed by atoms with Crippen molar-refractivity contribution in [3.63, 3.8) is 0 Å². The average molecular weight is 332 g/mol. The van der Waals surface area contributed by atoms with E-state index in [4.69, 9.17) is 5.73 Å². The van der Waals surface area contributed by atoms with E-state index in [1.54, 1.807) is 6.92 Å². The first kappa shape index (κ1) is 17.9. The SMILES string of the molecule is C[C@H](C(=O)NC(=O)NCc1ccccc1)N1CCC(C(N)=O)CC1. The molecule has 0 saturated carbocycles. The van der Waals surface area contributed by atoms with E-state index in [0.717, 1.165) is 5.56 Å². The lowest BCUT2D eigenvalue weighted by molar-refractivity contribution is -0.126. The van der Waals surface area contributed by atoms with Gasteiger partial charge in [0.1, 0.15) is 0 Å². The van der Waals surface area contributed by atoms with Gasteiger partial charge >= 0.3 is 6.03 Å². The van der Waals surface area contributed by atoms with Crippen molar-refractivity contribution >= 4 is 17.8 Å². The van der Waals surface area contributed by atoms with E-state index in [-0.39, 0.29) is 17.7 Å². The van der Waals surface area contributed by atoms with E-state index < -0.39 is 12.1 Å². The third-order valence-electron chi connectivity index (χ3n) is 4.39. The van der Waals surface area contributed by atoms with Crippen LogP contribution in [0.4, 0.5) is 4.79 Å². The van der Waals surface area contributed by atoms with Gasteiger partial charge in [-0.15, -0.1) is 0 Å². The second-order valence-corrected chi connectivity index (χ2v) is 6.05. The second-order valence-electron chi connectivity index (χ2n) is 6.05. The van der Waals surface area contributed by atoms with Gasteiger partial charge in [-0.05, 0) is 38.4 Å². The number of likely N-dealkylation sites (tertiary alicyclic amines) is 1. The minimum Gasteiger partial charge on any atom is -0.369 e. The molecular weight excluding hydrogens is 308 g/mol. The van der Waals surface area contributed by atoms with Crippen molar-refractivity contribution in [2.75, 3.05) is 13.1 Å². The molecule has 1 aliphatic heterocycles. The lowest BCUT2D eigenvalue weighted by Crippen LogP contribution is -2.52. The highest BCUT2D eigenvalue weighted by molar-refractivity contribution is 5.96. The van der Waals surface area contributed by atoms with E-state index in [1.807, 2.05) is 35.2 Å². The maximum Gasteiger partial charge on any atom is 0.321 e. The summed E-state index contributed by atoms with van der Waals surface area (Å²) in [6.45, 7) is 3.35. The molecule has 4 N–H and O–H groups in total. The molecule has 1 heterocycles. The van der Waals surface area contributed by atoms with Gasteiger partial charge in [0.2, 0.25) is 11.8 Å². The molecule has 130 valence electrons. The van der Waals surface area contributed by atoms with Crippen molar-refractivity contribution in [3.05, 3.63) is 35.9 Å². The minimum absolute atomic E-state index is 0.120. The number of hydrogen-bond acceptors (Lipinski definition) is 4. The van der Waals surface area contributed by atoms with Gasteiger partial charge in [0.15, 0.2) is 0 Å². The topological polar surface area (TPSA) is 105 Å². The lowest BCUT2D eigenvalue weighted by Gasteiger charge is -2.34. The molecule has 7 heteroatoms. The van der Waals surface area contributed by atoms with Crippen LogP contribution in [0.5, 0.6) is 0 Å². The fourth-order valence-electron chi connectivity index (χ4n) is 2.78. The second kappa shape index (κ2) is 8.44. The van der Waals surface area contributed by atoms with E-state index in [2.05, 4.69) is 10.6 Å². The van der Waals surface area contributed by atoms with Crippen molar-refractivity contribution in [2.45, 2.75) is 32.4 Å². The maximum atomic E-state index is 12.2. The molecule has 1 aliphatic rings. The molecule has 24 heavy (non-hydrogen) atoms. The summed E-state index contributed by atoms with van der Waals surface area (Å²) >= 11 is 0. The number of urea groups is 1. The summed E-state index contributed by atoms with van der Waals surface area (Å²) in [5, 5.41) is 5.02. The molecule has 1 fully saturated rings. The number of imide groups is 1. The first-order chi connectivity index (χ1) is 11.5. The number of nitrogens with two attached hydrogens (primary N) is 1. The summed E-state index contributed by atoms with van der Waals surface area (Å²) in [4.78, 5) is 37.1. The summed E-state index contributed by atoms with van der Waals surface area (Å²) in [5.41, 5.74) is 6.27. The number of hydrogen-bond donors (Lipinski definition) is 3. The standard InChI is InChI=1S/C17H24N4O3/c1-12(21-9-7-14(8-10-21)15(18)22)16(23)20-17(24)19-11-13-5-3-2-4-6-13/h2-6,12,14H,7-11H2,1H3,(H2,18,22)(H2,19,20,23,24)/t12-/m1/s1. The molecule has 0 aromatic heterocycles. The number of primary amides is 1. The number of piperidine rings is 1. The Morgan fingerprint density at radius 1 is 1.21 bits per heavy atom. The number of rotatable bonds is 5. The Morgan fingerprint density at radius 2 is 1.83 bits per heavy atom. The van der Waals surface area contributed by atoms with Crippen molar-refractivity contribution in [1.29, 1.82) is 0 Å². The molecule has 1 atom stereocenters. The molecule has 1 aromatic rings. The van der Waals surface area contributed by atoms with Gasteiger partial charge in [0, 0.05) is 12.5 Å².